The molecule has 0 aliphatic carbocycles. The van der Waals surface area contributed by atoms with E-state index in [2.05, 4.69) is 0 Å². The summed E-state index contributed by atoms with van der Waals surface area (Å²) >= 11 is 5.95. The molecule has 0 aliphatic heterocycles. The number of aryl methyl sites for hydroxylation is 1. The van der Waals surface area contributed by atoms with Gasteiger partial charge in [-0.15, -0.1) is 0 Å². The maximum absolute atomic E-state index is 11.3. The van der Waals surface area contributed by atoms with Gasteiger partial charge in [0.1, 0.15) is 5.49 Å². The molecule has 0 saturated carbocycles. The fourth-order valence-corrected chi connectivity index (χ4v) is 2.16. The van der Waals surface area contributed by atoms with Crippen molar-refractivity contribution in [3.05, 3.63) is 63.7 Å². The molecular formula is C14H14ClN3O. The van der Waals surface area contributed by atoms with Gasteiger partial charge in [-0.05, 0) is 18.6 Å². The molecule has 0 saturated heterocycles. The minimum atomic E-state index is -0.648. The van der Waals surface area contributed by atoms with E-state index < -0.39 is 5.91 Å². The fourth-order valence-electron chi connectivity index (χ4n) is 1.93. The second-order valence-corrected chi connectivity index (χ2v) is 4.84. The topological polar surface area (TPSA) is 71.9 Å². The molecule has 19 heavy (non-hydrogen) atoms. The number of carbonyl (C=O) groups excluding carboxylic acids is 1. The first-order valence-corrected chi connectivity index (χ1v) is 6.15. The van der Waals surface area contributed by atoms with Gasteiger partial charge in [0.2, 0.25) is 0 Å². The van der Waals surface area contributed by atoms with Crippen molar-refractivity contribution in [1.82, 2.24) is 4.57 Å². The molecule has 0 unspecified atom stereocenters. The van der Waals surface area contributed by atoms with E-state index in [1.165, 1.54) is 6.07 Å². The van der Waals surface area contributed by atoms with Crippen LogP contribution in [0.4, 0.5) is 0 Å². The molecule has 5 heteroatoms. The van der Waals surface area contributed by atoms with E-state index in [1.807, 2.05) is 31.2 Å². The third-order valence-corrected chi connectivity index (χ3v) is 3.01. The lowest BCUT2D eigenvalue weighted by molar-refractivity contribution is 0.0998. The molecule has 0 spiro atoms. The first-order valence-electron chi connectivity index (χ1n) is 5.77. The Morgan fingerprint density at radius 2 is 2.16 bits per heavy atom. The van der Waals surface area contributed by atoms with Gasteiger partial charge in [0.15, 0.2) is 0 Å². The summed E-state index contributed by atoms with van der Waals surface area (Å²) in [5.74, 6) is -0.648. The average Bonchev–Trinajstić information content (AvgIpc) is 2.33. The lowest BCUT2D eigenvalue weighted by atomic mass is 10.1. The first-order chi connectivity index (χ1) is 8.97. The number of amides is 1. The largest absolute Gasteiger partial charge is 0.365 e. The van der Waals surface area contributed by atoms with E-state index >= 15 is 0 Å². The summed E-state index contributed by atoms with van der Waals surface area (Å²) in [4.78, 5) is 11.3. The van der Waals surface area contributed by atoms with Crippen LogP contribution < -0.4 is 11.2 Å². The van der Waals surface area contributed by atoms with Crippen LogP contribution in [-0.4, -0.2) is 10.5 Å². The van der Waals surface area contributed by atoms with Crippen LogP contribution in [0.2, 0.25) is 5.02 Å². The Labute approximate surface area is 116 Å². The molecule has 2 aromatic rings. The van der Waals surface area contributed by atoms with Crippen LogP contribution >= 0.6 is 11.6 Å². The van der Waals surface area contributed by atoms with Crippen LogP contribution in [0.5, 0.6) is 0 Å². The summed E-state index contributed by atoms with van der Waals surface area (Å²) < 4.78 is 1.61. The van der Waals surface area contributed by atoms with Crippen molar-refractivity contribution >= 4 is 17.5 Å². The van der Waals surface area contributed by atoms with Gasteiger partial charge in [-0.2, -0.15) is 0 Å². The molecule has 0 aliphatic rings. The SMILES string of the molecule is Cc1cccc(Cn2cc(Cl)cc(C(N)=O)c2=N)c1. The highest BCUT2D eigenvalue weighted by molar-refractivity contribution is 6.30. The fraction of sp³-hybridized carbons (Fsp3) is 0.143. The molecule has 3 N–H and O–H groups in total. The average molecular weight is 276 g/mol. The second kappa shape index (κ2) is 5.28. The molecule has 98 valence electrons. The van der Waals surface area contributed by atoms with Crippen LogP contribution in [0.25, 0.3) is 0 Å². The molecule has 0 atom stereocenters. The lowest BCUT2D eigenvalue weighted by Crippen LogP contribution is -2.29. The Kier molecular flexibility index (Phi) is 3.71. The lowest BCUT2D eigenvalue weighted by Gasteiger charge is -2.10. The number of nitrogens with two attached hydrogens (primary N) is 1. The van der Waals surface area contributed by atoms with Gasteiger partial charge in [-0.3, -0.25) is 10.2 Å². The molecule has 0 fully saturated rings. The number of nitrogens with one attached hydrogen (secondary N) is 1. The first kappa shape index (κ1) is 13.4. The van der Waals surface area contributed by atoms with E-state index in [9.17, 15) is 4.79 Å². The number of nitrogens with zero attached hydrogens (tertiary/aromatic N) is 1. The molecule has 0 bridgehead atoms. The minimum absolute atomic E-state index is 0.0680. The Morgan fingerprint density at radius 1 is 1.42 bits per heavy atom. The van der Waals surface area contributed by atoms with Gasteiger partial charge < -0.3 is 10.3 Å². The molecule has 0 radical (unpaired) electrons. The number of halogens is 1. The van der Waals surface area contributed by atoms with Gasteiger partial charge in [0.05, 0.1) is 10.6 Å². The zero-order valence-corrected chi connectivity index (χ0v) is 11.2. The molecule has 2 rings (SSSR count). The van der Waals surface area contributed by atoms with Crippen molar-refractivity contribution < 1.29 is 4.79 Å². The summed E-state index contributed by atoms with van der Waals surface area (Å²) in [5, 5.41) is 8.37. The van der Waals surface area contributed by atoms with Crippen molar-refractivity contribution in [3.63, 3.8) is 0 Å². The summed E-state index contributed by atoms with van der Waals surface area (Å²) in [5.41, 5.74) is 7.61. The summed E-state index contributed by atoms with van der Waals surface area (Å²) in [6.45, 7) is 2.48. The zero-order chi connectivity index (χ0) is 14.0. The maximum Gasteiger partial charge on any atom is 0.252 e. The van der Waals surface area contributed by atoms with Gasteiger partial charge in [-0.1, -0.05) is 41.4 Å². The Bertz CT molecular complexity index is 691. The highest BCUT2D eigenvalue weighted by atomic mass is 35.5. The predicted molar refractivity (Wildman–Crippen MR) is 74.1 cm³/mol. The van der Waals surface area contributed by atoms with E-state index in [4.69, 9.17) is 22.7 Å². The van der Waals surface area contributed by atoms with Crippen LogP contribution in [-0.2, 0) is 6.54 Å². The molecule has 1 heterocycles. The third-order valence-electron chi connectivity index (χ3n) is 2.80. The van der Waals surface area contributed by atoms with Crippen LogP contribution in [0, 0.1) is 12.3 Å². The number of hydrogen-bond donors (Lipinski definition) is 2. The summed E-state index contributed by atoms with van der Waals surface area (Å²) in [6, 6.07) is 9.36. The van der Waals surface area contributed by atoms with Crippen molar-refractivity contribution in [2.75, 3.05) is 0 Å². The Hall–Kier alpha value is -2.07. The quantitative estimate of drug-likeness (QED) is 0.884. The normalized spacial score (nSPS) is 10.4. The van der Waals surface area contributed by atoms with E-state index in [0.717, 1.165) is 11.1 Å². The van der Waals surface area contributed by atoms with Crippen molar-refractivity contribution in [2.24, 2.45) is 5.73 Å². The second-order valence-electron chi connectivity index (χ2n) is 4.40. The Balaban J connectivity index is 2.46. The zero-order valence-electron chi connectivity index (χ0n) is 10.5. The third kappa shape index (κ3) is 3.03. The smallest absolute Gasteiger partial charge is 0.252 e. The molecule has 1 aromatic carbocycles. The van der Waals surface area contributed by atoms with Gasteiger partial charge in [-0.25, -0.2) is 0 Å². The number of pyridine rings is 1. The van der Waals surface area contributed by atoms with Crippen molar-refractivity contribution in [1.29, 1.82) is 5.41 Å². The van der Waals surface area contributed by atoms with Crippen molar-refractivity contribution in [2.45, 2.75) is 13.5 Å². The van der Waals surface area contributed by atoms with Gasteiger partial charge in [0.25, 0.3) is 5.91 Å². The van der Waals surface area contributed by atoms with Crippen LogP contribution in [0.1, 0.15) is 21.5 Å². The molecule has 4 nitrogen and oxygen atoms in total. The van der Waals surface area contributed by atoms with Crippen LogP contribution in [0.3, 0.4) is 0 Å². The molecule has 1 amide bonds. The van der Waals surface area contributed by atoms with E-state index in [-0.39, 0.29) is 11.1 Å². The molecule has 1 aromatic heterocycles. The summed E-state index contributed by atoms with van der Waals surface area (Å²) in [7, 11) is 0. The number of rotatable bonds is 3. The highest BCUT2D eigenvalue weighted by Crippen LogP contribution is 2.10. The Morgan fingerprint density at radius 3 is 2.79 bits per heavy atom. The highest BCUT2D eigenvalue weighted by Gasteiger charge is 2.08. The minimum Gasteiger partial charge on any atom is -0.365 e. The monoisotopic (exact) mass is 275 g/mol. The van der Waals surface area contributed by atoms with Gasteiger partial charge >= 0.3 is 0 Å². The number of hydrogen-bond acceptors (Lipinski definition) is 2. The number of primary amides is 1. The van der Waals surface area contributed by atoms with Gasteiger partial charge in [0, 0.05) is 12.7 Å². The maximum atomic E-state index is 11.3. The van der Waals surface area contributed by atoms with Crippen LogP contribution in [0.15, 0.2) is 36.5 Å². The number of carbonyl (C=O) groups is 1. The number of aromatic nitrogens is 1. The predicted octanol–water partition coefficient (Wildman–Crippen LogP) is 2.08. The van der Waals surface area contributed by atoms with Crippen molar-refractivity contribution in [3.8, 4) is 0 Å². The number of benzene rings is 1. The van der Waals surface area contributed by atoms with E-state index in [1.54, 1.807) is 10.8 Å². The standard InChI is InChI=1S/C14H14ClN3O/c1-9-3-2-4-10(5-9)7-18-8-11(15)6-12(13(18)16)14(17)19/h2-6,8,16H,7H2,1H3,(H2,17,19). The van der Waals surface area contributed by atoms with E-state index in [0.29, 0.717) is 11.6 Å². The summed E-state index contributed by atoms with van der Waals surface area (Å²) in [6.07, 6.45) is 1.62. The molecular weight excluding hydrogens is 262 g/mol.